The summed E-state index contributed by atoms with van der Waals surface area (Å²) >= 11 is 4.08. The van der Waals surface area contributed by atoms with Crippen molar-refractivity contribution in [3.8, 4) is 11.5 Å². The van der Waals surface area contributed by atoms with E-state index in [0.717, 1.165) is 40.8 Å². The van der Waals surface area contributed by atoms with Crippen LogP contribution in [0.15, 0.2) is 24.3 Å². The molecule has 2 aromatic rings. The Balaban J connectivity index is 2.16. The van der Waals surface area contributed by atoms with Gasteiger partial charge in [0.25, 0.3) is 0 Å². The van der Waals surface area contributed by atoms with Crippen LogP contribution in [-0.2, 0) is 27.8 Å². The lowest BCUT2D eigenvalue weighted by Crippen LogP contribution is -2.17. The number of aryl methyl sites for hydroxylation is 3. The van der Waals surface area contributed by atoms with E-state index in [2.05, 4.69) is 78.4 Å². The fraction of sp³-hybridized carbons (Fsp3) is 0.629. The largest absolute Gasteiger partial charge is 0.507 e. The smallest absolute Gasteiger partial charge is 0.306 e. The molecule has 0 aromatic heterocycles. The Morgan fingerprint density at radius 3 is 2.08 bits per heavy atom. The first-order chi connectivity index (χ1) is 19.1. The number of aromatic hydroxyl groups is 1. The van der Waals surface area contributed by atoms with Gasteiger partial charge in [-0.3, -0.25) is 4.79 Å². The lowest BCUT2D eigenvalue weighted by atomic mass is 9.83. The molecule has 0 saturated carbocycles. The molecule has 0 aliphatic rings. The number of unbranched alkanes of at least 4 members (excludes halogenated alkanes) is 7. The Morgan fingerprint density at radius 1 is 0.825 bits per heavy atom. The molecule has 4 nitrogen and oxygen atoms in total. The van der Waals surface area contributed by atoms with Crippen molar-refractivity contribution >= 4 is 18.6 Å². The Bertz CT molecular complexity index is 1050. The number of ether oxygens (including phenoxy) is 2. The van der Waals surface area contributed by atoms with Crippen molar-refractivity contribution in [1.29, 1.82) is 0 Å². The van der Waals surface area contributed by atoms with E-state index in [0.29, 0.717) is 44.0 Å². The molecule has 0 radical (unpaired) electrons. The van der Waals surface area contributed by atoms with Crippen LogP contribution in [0.1, 0.15) is 125 Å². The summed E-state index contributed by atoms with van der Waals surface area (Å²) in [5.41, 5.74) is 6.49. The molecule has 0 saturated heterocycles. The molecule has 0 aliphatic carbocycles. The first kappa shape index (κ1) is 34.1. The van der Waals surface area contributed by atoms with Gasteiger partial charge in [0.05, 0.1) is 19.6 Å². The fourth-order valence-electron chi connectivity index (χ4n) is 5.20. The van der Waals surface area contributed by atoms with E-state index in [1.54, 1.807) is 0 Å². The van der Waals surface area contributed by atoms with Crippen molar-refractivity contribution < 1.29 is 19.4 Å². The van der Waals surface area contributed by atoms with Gasteiger partial charge >= 0.3 is 5.97 Å². The minimum atomic E-state index is -0.223. The number of rotatable bonds is 18. The minimum Gasteiger partial charge on any atom is -0.507 e. The summed E-state index contributed by atoms with van der Waals surface area (Å²) in [5, 5.41) is 11.3. The molecular formula is C35H54O4S. The third kappa shape index (κ3) is 11.8. The van der Waals surface area contributed by atoms with Crippen LogP contribution >= 0.6 is 12.6 Å². The molecule has 0 atom stereocenters. The Hall–Kier alpha value is -2.14. The highest BCUT2D eigenvalue weighted by molar-refractivity contribution is 7.80. The molecule has 0 spiro atoms. The van der Waals surface area contributed by atoms with Gasteiger partial charge in [0.1, 0.15) is 11.5 Å². The molecule has 0 fully saturated rings. The lowest BCUT2D eigenvalue weighted by molar-refractivity contribution is -0.143. The molecule has 0 amide bonds. The van der Waals surface area contributed by atoms with E-state index < -0.39 is 0 Å². The zero-order valence-electron chi connectivity index (χ0n) is 26.0. The van der Waals surface area contributed by atoms with Crippen LogP contribution in [0, 0.1) is 13.8 Å². The highest BCUT2D eigenvalue weighted by Crippen LogP contribution is 2.38. The predicted molar refractivity (Wildman–Crippen MR) is 171 cm³/mol. The number of thiol groups is 1. The Morgan fingerprint density at radius 2 is 1.43 bits per heavy atom. The maximum Gasteiger partial charge on any atom is 0.306 e. The Labute approximate surface area is 249 Å². The molecule has 224 valence electrons. The lowest BCUT2D eigenvalue weighted by Gasteiger charge is -2.26. The molecule has 2 aromatic carbocycles. The summed E-state index contributed by atoms with van der Waals surface area (Å²) in [7, 11) is 0. The molecular weight excluding hydrogens is 516 g/mol. The summed E-state index contributed by atoms with van der Waals surface area (Å²) in [6.45, 7) is 13.9. The summed E-state index contributed by atoms with van der Waals surface area (Å²) in [4.78, 5) is 11.7. The van der Waals surface area contributed by atoms with E-state index >= 15 is 0 Å². The van der Waals surface area contributed by atoms with Crippen LogP contribution < -0.4 is 4.74 Å². The van der Waals surface area contributed by atoms with Gasteiger partial charge in [-0.2, -0.15) is 12.6 Å². The van der Waals surface area contributed by atoms with Gasteiger partial charge in [0.15, 0.2) is 0 Å². The quantitative estimate of drug-likeness (QED) is 0.107. The second kappa shape index (κ2) is 17.6. The van der Waals surface area contributed by atoms with E-state index in [1.165, 1.54) is 56.1 Å². The second-order valence-corrected chi connectivity index (χ2v) is 12.7. The van der Waals surface area contributed by atoms with Crippen molar-refractivity contribution in [2.45, 2.75) is 124 Å². The maximum atomic E-state index is 11.7. The molecule has 5 heteroatoms. The van der Waals surface area contributed by atoms with E-state index in [1.807, 2.05) is 0 Å². The van der Waals surface area contributed by atoms with Gasteiger partial charge in [-0.25, -0.2) is 0 Å². The van der Waals surface area contributed by atoms with E-state index in [-0.39, 0.29) is 11.4 Å². The second-order valence-electron chi connectivity index (χ2n) is 12.3. The first-order valence-corrected chi connectivity index (χ1v) is 16.0. The molecule has 0 bridgehead atoms. The van der Waals surface area contributed by atoms with Gasteiger partial charge in [-0.1, -0.05) is 108 Å². The topological polar surface area (TPSA) is 55.8 Å². The third-order valence-electron chi connectivity index (χ3n) is 7.32. The van der Waals surface area contributed by atoms with Gasteiger partial charge in [0.2, 0.25) is 0 Å². The van der Waals surface area contributed by atoms with Gasteiger partial charge in [-0.15, -0.1) is 0 Å². The van der Waals surface area contributed by atoms with E-state index in [4.69, 9.17) is 9.47 Å². The number of benzene rings is 2. The van der Waals surface area contributed by atoms with Crippen LogP contribution in [0.5, 0.6) is 11.5 Å². The summed E-state index contributed by atoms with van der Waals surface area (Å²) in [6.07, 6.45) is 12.7. The predicted octanol–water partition coefficient (Wildman–Crippen LogP) is 9.21. The SMILES string of the molecule is CCCCCCCCCCc1cc(C)cc(Cc2cc(C)cc(C(C)(C)C)c2OCCCOC(=O)CCS)c1O. The number of hydrogen-bond acceptors (Lipinski definition) is 5. The standard InChI is InChI=1S/C35H54O4S/c1-7-8-9-10-11-12-13-14-16-28-21-26(2)22-29(33(28)37)25-30-23-27(3)24-31(35(4,5)6)34(30)39-19-15-18-38-32(36)17-20-40/h21-24,37,40H,7-20,25H2,1-6H3. The zero-order chi connectivity index (χ0) is 29.5. The van der Waals surface area contributed by atoms with Crippen LogP contribution in [0.25, 0.3) is 0 Å². The molecule has 0 aliphatic heterocycles. The van der Waals surface area contributed by atoms with Gasteiger partial charge in [0, 0.05) is 24.2 Å². The van der Waals surface area contributed by atoms with Crippen LogP contribution in [0.2, 0.25) is 0 Å². The highest BCUT2D eigenvalue weighted by atomic mass is 32.1. The third-order valence-corrected chi connectivity index (χ3v) is 7.55. The fourth-order valence-corrected chi connectivity index (χ4v) is 5.39. The summed E-state index contributed by atoms with van der Waals surface area (Å²) in [6, 6.07) is 8.63. The van der Waals surface area contributed by atoms with E-state index in [9.17, 15) is 9.90 Å². The normalized spacial score (nSPS) is 11.6. The summed E-state index contributed by atoms with van der Waals surface area (Å²) < 4.78 is 11.7. The number of carbonyl (C=O) groups is 1. The molecule has 40 heavy (non-hydrogen) atoms. The minimum absolute atomic E-state index is 0.106. The van der Waals surface area contributed by atoms with Crippen molar-refractivity contribution in [1.82, 2.24) is 0 Å². The zero-order valence-corrected chi connectivity index (χ0v) is 26.9. The monoisotopic (exact) mass is 570 g/mol. The molecule has 0 unspecified atom stereocenters. The van der Waals surface area contributed by atoms with Crippen molar-refractivity contribution in [3.63, 3.8) is 0 Å². The Kier molecular flexibility index (Phi) is 15.0. The van der Waals surface area contributed by atoms with Gasteiger partial charge < -0.3 is 14.6 Å². The van der Waals surface area contributed by atoms with Crippen molar-refractivity contribution in [3.05, 3.63) is 57.6 Å². The first-order valence-electron chi connectivity index (χ1n) is 15.4. The highest BCUT2D eigenvalue weighted by Gasteiger charge is 2.23. The van der Waals surface area contributed by atoms with Crippen molar-refractivity contribution in [2.75, 3.05) is 19.0 Å². The van der Waals surface area contributed by atoms with Crippen molar-refractivity contribution in [2.24, 2.45) is 0 Å². The number of phenols is 1. The number of carbonyl (C=O) groups excluding carboxylic acids is 1. The maximum absolute atomic E-state index is 11.7. The number of esters is 1. The summed E-state index contributed by atoms with van der Waals surface area (Å²) in [5.74, 6) is 1.57. The van der Waals surface area contributed by atoms with Crippen LogP contribution in [-0.4, -0.2) is 30.0 Å². The average molecular weight is 571 g/mol. The van der Waals surface area contributed by atoms with Crippen LogP contribution in [0.4, 0.5) is 0 Å². The number of phenolic OH excluding ortho intramolecular Hbond substituents is 1. The van der Waals surface area contributed by atoms with Gasteiger partial charge in [-0.05, 0) is 48.8 Å². The molecule has 1 N–H and O–H groups in total. The number of hydrogen-bond donors (Lipinski definition) is 2. The molecule has 2 rings (SSSR count). The van der Waals surface area contributed by atoms with Crippen LogP contribution in [0.3, 0.4) is 0 Å². The molecule has 0 heterocycles. The average Bonchev–Trinajstić information content (AvgIpc) is 2.88.